The average molecular weight is 310 g/mol. The van der Waals surface area contributed by atoms with Crippen LogP contribution >= 0.6 is 0 Å². The molecule has 3 aromatic rings. The molecule has 0 aliphatic heterocycles. The van der Waals surface area contributed by atoms with Gasteiger partial charge < -0.3 is 0 Å². The zero-order valence-corrected chi connectivity index (χ0v) is 12.2. The van der Waals surface area contributed by atoms with Crippen LogP contribution in [-0.4, -0.2) is 0 Å². The number of benzene rings is 1. The van der Waals surface area contributed by atoms with Crippen molar-refractivity contribution in [1.29, 1.82) is 0 Å². The van der Waals surface area contributed by atoms with Gasteiger partial charge in [-0.05, 0) is 0 Å². The van der Waals surface area contributed by atoms with E-state index in [1.807, 2.05) is 60.7 Å². The number of halogens is 3. The van der Waals surface area contributed by atoms with Crippen molar-refractivity contribution in [1.82, 2.24) is 0 Å². The summed E-state index contributed by atoms with van der Waals surface area (Å²) in [6.45, 7) is 0. The fourth-order valence-electron chi connectivity index (χ4n) is 1.16. The first-order valence-corrected chi connectivity index (χ1v) is 5.63. The molecule has 0 aromatic heterocycles. The Bertz CT molecular complexity index is 420. The summed E-state index contributed by atoms with van der Waals surface area (Å²) in [7, 11) is 0. The molecule has 0 unspecified atom stereocenters. The van der Waals surface area contributed by atoms with Crippen molar-refractivity contribution in [3.8, 4) is 0 Å². The Balaban J connectivity index is 0.000000282. The van der Waals surface area contributed by atoms with Gasteiger partial charge in [-0.15, -0.1) is 0 Å². The van der Waals surface area contributed by atoms with Crippen LogP contribution in [0.5, 0.6) is 0 Å². The first kappa shape index (κ1) is 18.4. The molecule has 3 rings (SSSR count). The largest absolute Gasteiger partial charge is 2.00 e. The fraction of sp³-hybridized carbons (Fsp3) is 0. The molecule has 0 fully saturated rings. The zero-order valence-electron chi connectivity index (χ0n) is 10.6. The van der Waals surface area contributed by atoms with E-state index in [-0.39, 0.29) is 21.7 Å². The summed E-state index contributed by atoms with van der Waals surface area (Å²) in [5, 5.41) is 0. The molecule has 0 amide bonds. The van der Waals surface area contributed by atoms with Crippen LogP contribution in [0.15, 0.2) is 78.9 Å². The predicted octanol–water partition coefficient (Wildman–Crippen LogP) is 4.91. The molecular weight excluding hydrogens is 297 g/mol. The van der Waals surface area contributed by atoms with E-state index in [0.29, 0.717) is 18.2 Å². The SMILES string of the molecule is Fc1cc(F)cc(F)c1.[Ti+2].c1cc[cH-]c1.c1cc[cH-]c1. The maximum atomic E-state index is 11.9. The molecule has 20 heavy (non-hydrogen) atoms. The van der Waals surface area contributed by atoms with Gasteiger partial charge in [0.25, 0.3) is 0 Å². The van der Waals surface area contributed by atoms with Crippen LogP contribution in [0.1, 0.15) is 0 Å². The third-order valence-corrected chi connectivity index (χ3v) is 1.94. The third kappa shape index (κ3) is 9.37. The third-order valence-electron chi connectivity index (χ3n) is 1.94. The quantitative estimate of drug-likeness (QED) is 0.409. The van der Waals surface area contributed by atoms with E-state index < -0.39 is 17.5 Å². The first-order valence-electron chi connectivity index (χ1n) is 5.63. The molecule has 0 radical (unpaired) electrons. The predicted molar refractivity (Wildman–Crippen MR) is 70.4 cm³/mol. The normalized spacial score (nSPS) is 8.35. The molecule has 0 spiro atoms. The Labute approximate surface area is 131 Å². The van der Waals surface area contributed by atoms with Crippen molar-refractivity contribution in [2.45, 2.75) is 0 Å². The van der Waals surface area contributed by atoms with Crippen molar-refractivity contribution in [3.05, 3.63) is 96.3 Å². The minimum absolute atomic E-state index is 0. The molecule has 0 atom stereocenters. The van der Waals surface area contributed by atoms with Gasteiger partial charge in [0.1, 0.15) is 17.5 Å². The van der Waals surface area contributed by atoms with Crippen molar-refractivity contribution in [2.75, 3.05) is 0 Å². The van der Waals surface area contributed by atoms with Gasteiger partial charge >= 0.3 is 21.7 Å². The summed E-state index contributed by atoms with van der Waals surface area (Å²) < 4.78 is 35.8. The van der Waals surface area contributed by atoms with Crippen LogP contribution in [0, 0.1) is 17.5 Å². The second-order valence-corrected chi connectivity index (χ2v) is 3.51. The maximum absolute atomic E-state index is 11.9. The van der Waals surface area contributed by atoms with Gasteiger partial charge in [-0.3, -0.25) is 0 Å². The van der Waals surface area contributed by atoms with E-state index in [4.69, 9.17) is 0 Å². The summed E-state index contributed by atoms with van der Waals surface area (Å²) >= 11 is 0. The van der Waals surface area contributed by atoms with Crippen LogP contribution in [0.25, 0.3) is 0 Å². The number of hydrogen-bond acceptors (Lipinski definition) is 0. The molecule has 0 bridgehead atoms. The van der Waals surface area contributed by atoms with E-state index >= 15 is 0 Å². The Morgan fingerprint density at radius 3 is 0.950 bits per heavy atom. The molecule has 102 valence electrons. The molecule has 0 aliphatic carbocycles. The standard InChI is InChI=1S/C6H3F3.2C5H5.Ti/c7-4-1-5(8)3-6(9)2-4;2*1-2-4-5-3-1;/h1-3H;2*1-5H;/q;2*-1;+2. The molecule has 0 heterocycles. The van der Waals surface area contributed by atoms with Gasteiger partial charge in [0.15, 0.2) is 0 Å². The first-order chi connectivity index (χ1) is 9.18. The minimum Gasteiger partial charge on any atom is -0.214 e. The van der Waals surface area contributed by atoms with Crippen molar-refractivity contribution in [2.24, 2.45) is 0 Å². The van der Waals surface area contributed by atoms with Gasteiger partial charge in [0.05, 0.1) is 0 Å². The van der Waals surface area contributed by atoms with Crippen molar-refractivity contribution >= 4 is 0 Å². The van der Waals surface area contributed by atoms with E-state index in [1.54, 1.807) is 0 Å². The molecule has 0 N–H and O–H groups in total. The second-order valence-electron chi connectivity index (χ2n) is 3.51. The Morgan fingerprint density at radius 1 is 0.550 bits per heavy atom. The smallest absolute Gasteiger partial charge is 0.214 e. The van der Waals surface area contributed by atoms with Crippen LogP contribution < -0.4 is 0 Å². The fourth-order valence-corrected chi connectivity index (χ4v) is 1.16. The Hall–Kier alpha value is -1.58. The maximum Gasteiger partial charge on any atom is 2.00 e. The summed E-state index contributed by atoms with van der Waals surface area (Å²) in [4.78, 5) is 0. The number of rotatable bonds is 0. The van der Waals surface area contributed by atoms with Gasteiger partial charge in [0, 0.05) is 18.2 Å². The van der Waals surface area contributed by atoms with E-state index in [1.165, 1.54) is 0 Å². The molecular formula is C16H13F3Ti. The Kier molecular flexibility index (Phi) is 10.4. The second kappa shape index (κ2) is 11.3. The molecule has 0 saturated heterocycles. The van der Waals surface area contributed by atoms with Crippen LogP contribution in [0.4, 0.5) is 13.2 Å². The van der Waals surface area contributed by atoms with E-state index in [9.17, 15) is 13.2 Å². The summed E-state index contributed by atoms with van der Waals surface area (Å²) in [6.07, 6.45) is 0. The molecule has 0 saturated carbocycles. The van der Waals surface area contributed by atoms with Crippen LogP contribution in [0.3, 0.4) is 0 Å². The topological polar surface area (TPSA) is 0 Å². The van der Waals surface area contributed by atoms with Crippen molar-refractivity contribution < 1.29 is 34.9 Å². The zero-order chi connectivity index (χ0) is 13.9. The van der Waals surface area contributed by atoms with Crippen LogP contribution in [-0.2, 0) is 21.7 Å². The van der Waals surface area contributed by atoms with Gasteiger partial charge in [-0.25, -0.2) is 37.4 Å². The molecule has 3 aromatic carbocycles. The average Bonchev–Trinajstić information content (AvgIpc) is 3.07. The van der Waals surface area contributed by atoms with Gasteiger partial charge in [-0.1, -0.05) is 0 Å². The summed E-state index contributed by atoms with van der Waals surface area (Å²) in [5.74, 6) is -2.69. The summed E-state index contributed by atoms with van der Waals surface area (Å²) in [5.41, 5.74) is 0. The van der Waals surface area contributed by atoms with Crippen LogP contribution in [0.2, 0.25) is 0 Å². The van der Waals surface area contributed by atoms with E-state index in [0.717, 1.165) is 0 Å². The molecule has 0 aliphatic rings. The van der Waals surface area contributed by atoms with Gasteiger partial charge in [-0.2, -0.15) is 36.4 Å². The number of hydrogen-bond donors (Lipinski definition) is 0. The monoisotopic (exact) mass is 310 g/mol. The van der Waals surface area contributed by atoms with E-state index in [2.05, 4.69) is 0 Å². The molecule has 4 heteroatoms. The Morgan fingerprint density at radius 2 is 0.800 bits per heavy atom. The minimum atomic E-state index is -0.896. The van der Waals surface area contributed by atoms with Crippen molar-refractivity contribution in [3.63, 3.8) is 0 Å². The van der Waals surface area contributed by atoms with Gasteiger partial charge in [0.2, 0.25) is 0 Å². The summed E-state index contributed by atoms with van der Waals surface area (Å²) in [6, 6.07) is 21.8. The molecule has 0 nitrogen and oxygen atoms in total.